The molecule has 0 fully saturated rings. The molecule has 0 aliphatic carbocycles. The van der Waals surface area contributed by atoms with Crippen LogP contribution in [0.2, 0.25) is 0 Å². The molecular formula is C12H12N6O. The number of nitrogen functional groups attached to an aromatic ring is 1. The molecule has 96 valence electrons. The van der Waals surface area contributed by atoms with E-state index in [-0.39, 0.29) is 5.91 Å². The average molecular weight is 256 g/mol. The summed E-state index contributed by atoms with van der Waals surface area (Å²) < 4.78 is 1.82. The second-order valence-corrected chi connectivity index (χ2v) is 4.18. The fourth-order valence-corrected chi connectivity index (χ4v) is 1.89. The van der Waals surface area contributed by atoms with E-state index in [1.54, 1.807) is 12.4 Å². The lowest BCUT2D eigenvalue weighted by Crippen LogP contribution is -2.30. The normalized spacial score (nSPS) is 10.8. The highest BCUT2D eigenvalue weighted by molar-refractivity contribution is 5.96. The number of aromatic nitrogens is 4. The number of hydrogen-bond donors (Lipinski definition) is 3. The summed E-state index contributed by atoms with van der Waals surface area (Å²) in [5.41, 5.74) is 4.85. The summed E-state index contributed by atoms with van der Waals surface area (Å²) >= 11 is 0. The summed E-state index contributed by atoms with van der Waals surface area (Å²) in [7, 11) is 0. The third-order valence-electron chi connectivity index (χ3n) is 2.81. The Hall–Kier alpha value is -2.67. The molecule has 7 heteroatoms. The number of nitrogens with two attached hydrogens (primary N) is 1. The molecule has 0 saturated heterocycles. The van der Waals surface area contributed by atoms with Gasteiger partial charge in [0.05, 0.1) is 16.7 Å². The molecular weight excluding hydrogens is 244 g/mol. The van der Waals surface area contributed by atoms with E-state index in [1.807, 2.05) is 29.8 Å². The van der Waals surface area contributed by atoms with Crippen LogP contribution in [-0.4, -0.2) is 25.4 Å². The highest BCUT2D eigenvalue weighted by atomic mass is 16.2. The number of amides is 1. The SMILES string of the molecule is Cc1cn(-c2ccc3[nH]c(C(=O)NN)cc3n2)cn1. The first-order valence-electron chi connectivity index (χ1n) is 5.69. The van der Waals surface area contributed by atoms with E-state index in [0.717, 1.165) is 17.0 Å². The van der Waals surface area contributed by atoms with Gasteiger partial charge < -0.3 is 4.98 Å². The summed E-state index contributed by atoms with van der Waals surface area (Å²) in [5.74, 6) is 5.46. The lowest BCUT2D eigenvalue weighted by atomic mass is 10.3. The monoisotopic (exact) mass is 256 g/mol. The third-order valence-corrected chi connectivity index (χ3v) is 2.81. The summed E-state index contributed by atoms with van der Waals surface area (Å²) in [6.07, 6.45) is 3.58. The van der Waals surface area contributed by atoms with Crippen molar-refractivity contribution >= 4 is 16.9 Å². The van der Waals surface area contributed by atoms with Gasteiger partial charge in [0.25, 0.3) is 5.91 Å². The van der Waals surface area contributed by atoms with E-state index >= 15 is 0 Å². The van der Waals surface area contributed by atoms with Crippen molar-refractivity contribution in [2.45, 2.75) is 6.92 Å². The fraction of sp³-hybridized carbons (Fsp3) is 0.0833. The first-order chi connectivity index (χ1) is 9.17. The van der Waals surface area contributed by atoms with E-state index in [0.29, 0.717) is 11.2 Å². The van der Waals surface area contributed by atoms with E-state index in [1.165, 1.54) is 0 Å². The van der Waals surface area contributed by atoms with E-state index in [4.69, 9.17) is 5.84 Å². The third kappa shape index (κ3) is 1.95. The van der Waals surface area contributed by atoms with Crippen LogP contribution in [0.4, 0.5) is 0 Å². The Morgan fingerprint density at radius 1 is 1.47 bits per heavy atom. The van der Waals surface area contributed by atoms with Crippen molar-refractivity contribution < 1.29 is 4.79 Å². The largest absolute Gasteiger partial charge is 0.349 e. The Morgan fingerprint density at radius 3 is 3.00 bits per heavy atom. The van der Waals surface area contributed by atoms with Crippen LogP contribution >= 0.6 is 0 Å². The van der Waals surface area contributed by atoms with Gasteiger partial charge in [-0.1, -0.05) is 0 Å². The standard InChI is InChI=1S/C12H12N6O/c1-7-5-18(6-14-7)11-3-2-8-9(16-11)4-10(15-8)12(19)17-13/h2-6,15H,13H2,1H3,(H,17,19). The minimum atomic E-state index is -0.377. The van der Waals surface area contributed by atoms with E-state index < -0.39 is 0 Å². The smallest absolute Gasteiger partial charge is 0.281 e. The van der Waals surface area contributed by atoms with Gasteiger partial charge in [-0.2, -0.15) is 0 Å². The fourth-order valence-electron chi connectivity index (χ4n) is 1.89. The number of aryl methyl sites for hydroxylation is 1. The van der Waals surface area contributed by atoms with Gasteiger partial charge in [-0.05, 0) is 25.1 Å². The van der Waals surface area contributed by atoms with Crippen molar-refractivity contribution in [3.63, 3.8) is 0 Å². The molecule has 3 rings (SSSR count). The van der Waals surface area contributed by atoms with Crippen LogP contribution in [0.5, 0.6) is 0 Å². The van der Waals surface area contributed by atoms with Crippen LogP contribution in [0, 0.1) is 6.92 Å². The van der Waals surface area contributed by atoms with Gasteiger partial charge in [0, 0.05) is 6.20 Å². The van der Waals surface area contributed by atoms with Gasteiger partial charge >= 0.3 is 0 Å². The molecule has 0 unspecified atom stereocenters. The molecule has 19 heavy (non-hydrogen) atoms. The van der Waals surface area contributed by atoms with E-state index in [9.17, 15) is 4.79 Å². The molecule has 0 radical (unpaired) electrons. The minimum Gasteiger partial charge on any atom is -0.349 e. The average Bonchev–Trinajstić information content (AvgIpc) is 3.02. The maximum absolute atomic E-state index is 11.4. The number of carbonyl (C=O) groups excluding carboxylic acids is 1. The lowest BCUT2D eigenvalue weighted by Gasteiger charge is -1.99. The van der Waals surface area contributed by atoms with Crippen LogP contribution < -0.4 is 11.3 Å². The first kappa shape index (κ1) is 11.4. The zero-order chi connectivity index (χ0) is 13.4. The number of imidazole rings is 1. The predicted octanol–water partition coefficient (Wildman–Crippen LogP) is 0.661. The van der Waals surface area contributed by atoms with Crippen LogP contribution in [0.1, 0.15) is 16.2 Å². The Bertz CT molecular complexity index is 757. The number of fused-ring (bicyclic) bond motifs is 1. The topological polar surface area (TPSA) is 102 Å². The molecule has 7 nitrogen and oxygen atoms in total. The van der Waals surface area contributed by atoms with E-state index in [2.05, 4.69) is 20.4 Å². The molecule has 0 aromatic carbocycles. The summed E-state index contributed by atoms with van der Waals surface area (Å²) in [4.78, 5) is 23.0. The zero-order valence-electron chi connectivity index (χ0n) is 10.2. The highest BCUT2D eigenvalue weighted by Crippen LogP contribution is 2.16. The van der Waals surface area contributed by atoms with Gasteiger partial charge in [-0.25, -0.2) is 15.8 Å². The zero-order valence-corrected chi connectivity index (χ0v) is 10.2. The number of pyridine rings is 1. The minimum absolute atomic E-state index is 0.377. The first-order valence-corrected chi connectivity index (χ1v) is 5.69. The van der Waals surface area contributed by atoms with Crippen LogP contribution in [0.3, 0.4) is 0 Å². The van der Waals surface area contributed by atoms with Gasteiger partial charge in [0.15, 0.2) is 0 Å². The number of nitrogens with one attached hydrogen (secondary N) is 2. The van der Waals surface area contributed by atoms with Crippen molar-refractivity contribution in [2.75, 3.05) is 0 Å². The highest BCUT2D eigenvalue weighted by Gasteiger charge is 2.09. The van der Waals surface area contributed by atoms with Crippen LogP contribution in [-0.2, 0) is 0 Å². The van der Waals surface area contributed by atoms with Crippen molar-refractivity contribution in [3.8, 4) is 5.82 Å². The van der Waals surface area contributed by atoms with Crippen LogP contribution in [0.25, 0.3) is 16.9 Å². The molecule has 4 N–H and O–H groups in total. The number of rotatable bonds is 2. The maximum atomic E-state index is 11.4. The Labute approximate surface area is 108 Å². The molecule has 0 saturated carbocycles. The number of hydrogen-bond acceptors (Lipinski definition) is 4. The number of nitrogens with zero attached hydrogens (tertiary/aromatic N) is 3. The second-order valence-electron chi connectivity index (χ2n) is 4.18. The van der Waals surface area contributed by atoms with Crippen LogP contribution in [0.15, 0.2) is 30.7 Å². The molecule has 1 amide bonds. The summed E-state index contributed by atoms with van der Waals surface area (Å²) in [6, 6.07) is 5.37. The molecule has 0 bridgehead atoms. The summed E-state index contributed by atoms with van der Waals surface area (Å²) in [5, 5.41) is 0. The predicted molar refractivity (Wildman–Crippen MR) is 69.6 cm³/mol. The van der Waals surface area contributed by atoms with Crippen molar-refractivity contribution in [2.24, 2.45) is 5.84 Å². The Kier molecular flexibility index (Phi) is 2.53. The quantitative estimate of drug-likeness (QED) is 0.356. The number of carbonyl (C=O) groups is 1. The molecule has 3 heterocycles. The van der Waals surface area contributed by atoms with Gasteiger partial charge in [-0.15, -0.1) is 0 Å². The number of aromatic amines is 1. The number of hydrazine groups is 1. The number of H-pyrrole nitrogens is 1. The molecule has 3 aromatic heterocycles. The molecule has 3 aromatic rings. The summed E-state index contributed by atoms with van der Waals surface area (Å²) in [6.45, 7) is 1.91. The molecule has 0 atom stereocenters. The van der Waals surface area contributed by atoms with Crippen molar-refractivity contribution in [1.82, 2.24) is 24.9 Å². The second kappa shape index (κ2) is 4.21. The van der Waals surface area contributed by atoms with Gasteiger partial charge in [0.2, 0.25) is 0 Å². The van der Waals surface area contributed by atoms with Crippen molar-refractivity contribution in [3.05, 3.63) is 42.1 Å². The van der Waals surface area contributed by atoms with Gasteiger partial charge in [-0.3, -0.25) is 14.8 Å². The molecule has 0 aliphatic heterocycles. The lowest BCUT2D eigenvalue weighted by molar-refractivity contribution is 0.0949. The Morgan fingerprint density at radius 2 is 2.32 bits per heavy atom. The van der Waals surface area contributed by atoms with Crippen molar-refractivity contribution in [1.29, 1.82) is 0 Å². The molecule has 0 spiro atoms. The van der Waals surface area contributed by atoms with Gasteiger partial charge in [0.1, 0.15) is 17.8 Å². The Balaban J connectivity index is 2.08. The maximum Gasteiger partial charge on any atom is 0.281 e. The molecule has 0 aliphatic rings.